The number of hydrogen-bond acceptors (Lipinski definition) is 3. The van der Waals surface area contributed by atoms with Crippen LogP contribution in [0.2, 0.25) is 0 Å². The maximum Gasteiger partial charge on any atom is 0.322 e. The molecule has 0 spiro atoms. The topological polar surface area (TPSA) is 67.2 Å². The first-order valence-electron chi connectivity index (χ1n) is 13.5. The van der Waals surface area contributed by atoms with E-state index in [2.05, 4.69) is 12.2 Å². The molecular formula is C32H38N4O2. The number of carbonyl (C=O) groups is 1. The van der Waals surface area contributed by atoms with E-state index in [-0.39, 0.29) is 11.6 Å². The van der Waals surface area contributed by atoms with Crippen LogP contribution in [-0.2, 0) is 0 Å². The Hall–Kier alpha value is -3.93. The molecule has 38 heavy (non-hydrogen) atoms. The van der Waals surface area contributed by atoms with Crippen molar-refractivity contribution in [1.82, 2.24) is 14.5 Å². The third-order valence-electron chi connectivity index (χ3n) is 7.23. The molecule has 2 amide bonds. The number of nitrogens with zero attached hydrogens (tertiary/aromatic N) is 3. The lowest BCUT2D eigenvalue weighted by atomic mass is 10.1. The van der Waals surface area contributed by atoms with Gasteiger partial charge in [0.25, 0.3) is 5.56 Å². The highest BCUT2D eigenvalue weighted by Crippen LogP contribution is 2.27. The molecule has 0 aliphatic carbocycles. The number of para-hydroxylation sites is 3. The van der Waals surface area contributed by atoms with Crippen molar-refractivity contribution in [2.24, 2.45) is 0 Å². The molecule has 0 aliphatic heterocycles. The molecule has 6 nitrogen and oxygen atoms in total. The van der Waals surface area contributed by atoms with E-state index in [1.54, 1.807) is 4.57 Å². The fourth-order valence-corrected chi connectivity index (χ4v) is 4.99. The predicted molar refractivity (Wildman–Crippen MR) is 156 cm³/mol. The van der Waals surface area contributed by atoms with Gasteiger partial charge in [-0.05, 0) is 69.0 Å². The Morgan fingerprint density at radius 3 is 2.26 bits per heavy atom. The van der Waals surface area contributed by atoms with Crippen molar-refractivity contribution >= 4 is 22.6 Å². The van der Waals surface area contributed by atoms with Crippen LogP contribution in [0.3, 0.4) is 0 Å². The second-order valence-electron chi connectivity index (χ2n) is 10.0. The molecule has 1 aromatic heterocycles. The van der Waals surface area contributed by atoms with Crippen molar-refractivity contribution in [3.05, 3.63) is 99.6 Å². The highest BCUT2D eigenvalue weighted by Gasteiger charge is 2.27. The van der Waals surface area contributed by atoms with Crippen LogP contribution in [0.15, 0.2) is 71.5 Å². The first kappa shape index (κ1) is 27.1. The van der Waals surface area contributed by atoms with Gasteiger partial charge in [-0.2, -0.15) is 0 Å². The molecule has 0 aliphatic rings. The third-order valence-corrected chi connectivity index (χ3v) is 7.23. The summed E-state index contributed by atoms with van der Waals surface area (Å²) in [7, 11) is 0. The summed E-state index contributed by atoms with van der Waals surface area (Å²) >= 11 is 0. The van der Waals surface area contributed by atoms with Gasteiger partial charge in [-0.15, -0.1) is 0 Å². The Morgan fingerprint density at radius 2 is 1.55 bits per heavy atom. The van der Waals surface area contributed by atoms with Crippen molar-refractivity contribution in [3.63, 3.8) is 0 Å². The number of carbonyl (C=O) groups excluding carboxylic acids is 1. The molecule has 0 saturated heterocycles. The number of benzene rings is 3. The van der Waals surface area contributed by atoms with Gasteiger partial charge in [0.2, 0.25) is 0 Å². The monoisotopic (exact) mass is 510 g/mol. The Kier molecular flexibility index (Phi) is 8.62. The fourth-order valence-electron chi connectivity index (χ4n) is 4.99. The lowest BCUT2D eigenvalue weighted by Crippen LogP contribution is -2.40. The minimum Gasteiger partial charge on any atom is -0.315 e. The van der Waals surface area contributed by atoms with Gasteiger partial charge >= 0.3 is 6.03 Å². The number of urea groups is 1. The Balaban J connectivity index is 1.83. The first-order valence-corrected chi connectivity index (χ1v) is 13.5. The number of hydrogen-bond donors (Lipinski definition) is 1. The zero-order valence-electron chi connectivity index (χ0n) is 23.1. The largest absolute Gasteiger partial charge is 0.322 e. The van der Waals surface area contributed by atoms with Crippen molar-refractivity contribution in [2.75, 3.05) is 11.9 Å². The molecule has 0 fully saturated rings. The number of aromatic nitrogens is 2. The van der Waals surface area contributed by atoms with Gasteiger partial charge in [0, 0.05) is 12.2 Å². The van der Waals surface area contributed by atoms with Crippen LogP contribution in [0.5, 0.6) is 0 Å². The Morgan fingerprint density at radius 1 is 0.895 bits per heavy atom. The zero-order valence-corrected chi connectivity index (χ0v) is 23.1. The second kappa shape index (κ2) is 12.1. The van der Waals surface area contributed by atoms with Gasteiger partial charge in [-0.25, -0.2) is 9.78 Å². The molecule has 198 valence electrons. The van der Waals surface area contributed by atoms with Gasteiger partial charge < -0.3 is 10.2 Å². The minimum absolute atomic E-state index is 0.132. The summed E-state index contributed by atoms with van der Waals surface area (Å²) in [4.78, 5) is 34.6. The van der Waals surface area contributed by atoms with E-state index in [0.717, 1.165) is 53.7 Å². The van der Waals surface area contributed by atoms with Gasteiger partial charge in [0.05, 0.1) is 22.6 Å². The van der Waals surface area contributed by atoms with Gasteiger partial charge in [-0.3, -0.25) is 9.36 Å². The van der Waals surface area contributed by atoms with Gasteiger partial charge in [0.1, 0.15) is 5.82 Å². The van der Waals surface area contributed by atoms with Crippen LogP contribution < -0.4 is 10.9 Å². The van der Waals surface area contributed by atoms with Crippen molar-refractivity contribution in [3.8, 4) is 5.69 Å². The van der Waals surface area contributed by atoms with E-state index in [4.69, 9.17) is 4.98 Å². The molecule has 0 bridgehead atoms. The Labute approximate surface area is 225 Å². The summed E-state index contributed by atoms with van der Waals surface area (Å²) in [5, 5.41) is 3.72. The molecule has 1 unspecified atom stereocenters. The molecule has 6 heteroatoms. The van der Waals surface area contributed by atoms with Crippen LogP contribution >= 0.6 is 0 Å². The van der Waals surface area contributed by atoms with Crippen molar-refractivity contribution < 1.29 is 4.79 Å². The van der Waals surface area contributed by atoms with Crippen LogP contribution in [0.4, 0.5) is 10.5 Å². The van der Waals surface area contributed by atoms with E-state index in [9.17, 15) is 9.59 Å². The van der Waals surface area contributed by atoms with Gasteiger partial charge in [-0.1, -0.05) is 74.7 Å². The SMILES string of the molecule is CCCCCCN(C(=O)Nc1c(C)cccc1C)C(C)c1nc2ccccc2c(=O)n1-c1ccccc1C. The highest BCUT2D eigenvalue weighted by molar-refractivity contribution is 5.91. The second-order valence-corrected chi connectivity index (χ2v) is 10.0. The van der Waals surface area contributed by atoms with E-state index in [1.807, 2.05) is 99.3 Å². The number of amides is 2. The van der Waals surface area contributed by atoms with E-state index in [0.29, 0.717) is 23.3 Å². The first-order chi connectivity index (χ1) is 18.3. The molecule has 0 saturated carbocycles. The van der Waals surface area contributed by atoms with Gasteiger partial charge in [0.15, 0.2) is 0 Å². The molecule has 3 aromatic carbocycles. The smallest absolute Gasteiger partial charge is 0.315 e. The van der Waals surface area contributed by atoms with Crippen LogP contribution in [-0.4, -0.2) is 27.0 Å². The normalized spacial score (nSPS) is 11.9. The van der Waals surface area contributed by atoms with Crippen molar-refractivity contribution in [2.45, 2.75) is 66.3 Å². The molecule has 4 aromatic rings. The maximum absolute atomic E-state index is 13.9. The lowest BCUT2D eigenvalue weighted by Gasteiger charge is -2.31. The average Bonchev–Trinajstić information content (AvgIpc) is 2.91. The molecule has 1 atom stereocenters. The summed E-state index contributed by atoms with van der Waals surface area (Å²) in [6.45, 7) is 10.7. The minimum atomic E-state index is -0.446. The fraction of sp³-hybridized carbons (Fsp3) is 0.344. The maximum atomic E-state index is 13.9. The number of anilines is 1. The Bertz CT molecular complexity index is 1470. The number of fused-ring (bicyclic) bond motifs is 1. The summed E-state index contributed by atoms with van der Waals surface area (Å²) < 4.78 is 1.69. The van der Waals surface area contributed by atoms with E-state index in [1.165, 1.54) is 0 Å². The zero-order chi connectivity index (χ0) is 27.2. The molecule has 1 N–H and O–H groups in total. The van der Waals surface area contributed by atoms with Crippen molar-refractivity contribution in [1.29, 1.82) is 0 Å². The number of unbranched alkanes of at least 4 members (excludes halogenated alkanes) is 3. The summed E-state index contributed by atoms with van der Waals surface area (Å²) in [6, 6.07) is 20.6. The predicted octanol–water partition coefficient (Wildman–Crippen LogP) is 7.49. The van der Waals surface area contributed by atoms with Crippen LogP contribution in [0.25, 0.3) is 16.6 Å². The lowest BCUT2D eigenvalue weighted by molar-refractivity contribution is 0.187. The van der Waals surface area contributed by atoms with E-state index >= 15 is 0 Å². The highest BCUT2D eigenvalue weighted by atomic mass is 16.2. The number of nitrogens with one attached hydrogen (secondary N) is 1. The summed E-state index contributed by atoms with van der Waals surface area (Å²) in [6.07, 6.45) is 4.14. The molecule has 0 radical (unpaired) electrons. The van der Waals surface area contributed by atoms with Crippen LogP contribution in [0, 0.1) is 20.8 Å². The standard InChI is InChI=1S/C32H38N4O2/c1-6-7-8-13-21-35(32(38)34-29-23(3)16-14-17-24(29)4)25(5)30-33-27-19-11-10-18-26(27)31(37)36(30)28-20-12-9-15-22(28)2/h9-12,14-20,25H,6-8,13,21H2,1-5H3,(H,34,38). The third kappa shape index (κ3) is 5.64. The number of aryl methyl sites for hydroxylation is 3. The summed E-state index contributed by atoms with van der Waals surface area (Å²) in [5.41, 5.74) is 5.09. The summed E-state index contributed by atoms with van der Waals surface area (Å²) in [5.74, 6) is 0.551. The van der Waals surface area contributed by atoms with Crippen LogP contribution in [0.1, 0.15) is 68.1 Å². The quantitative estimate of drug-likeness (QED) is 0.237. The molecule has 4 rings (SSSR count). The average molecular weight is 511 g/mol. The molecule has 1 heterocycles. The van der Waals surface area contributed by atoms with E-state index < -0.39 is 6.04 Å². The molecular weight excluding hydrogens is 472 g/mol. The number of rotatable bonds is 9.